The number of anilines is 2. The smallest absolute Gasteiger partial charge is 0.243 e. The molecule has 0 aromatic heterocycles. The lowest BCUT2D eigenvalue weighted by Crippen LogP contribution is -2.40. The molecule has 1 aromatic carbocycles. The van der Waals surface area contributed by atoms with Crippen LogP contribution in [0.3, 0.4) is 0 Å². The van der Waals surface area contributed by atoms with Crippen LogP contribution in [0.15, 0.2) is 18.2 Å². The Morgan fingerprint density at radius 2 is 2.19 bits per heavy atom. The molecule has 1 aromatic rings. The predicted molar refractivity (Wildman–Crippen MR) is 66.9 cm³/mol. The van der Waals surface area contributed by atoms with E-state index in [9.17, 15) is 4.79 Å². The number of carbonyl (C=O) groups excluding carboxylic acids is 1. The van der Waals surface area contributed by atoms with E-state index in [1.807, 2.05) is 12.1 Å². The van der Waals surface area contributed by atoms with Gasteiger partial charge in [-0.1, -0.05) is 19.9 Å². The second-order valence-corrected chi connectivity index (χ2v) is 4.84. The molecule has 1 heterocycles. The van der Waals surface area contributed by atoms with Crippen molar-refractivity contribution in [3.8, 4) is 0 Å². The van der Waals surface area contributed by atoms with Crippen LogP contribution < -0.4 is 10.2 Å². The summed E-state index contributed by atoms with van der Waals surface area (Å²) in [4.78, 5) is 13.7. The molecule has 0 bridgehead atoms. The third-order valence-electron chi connectivity index (χ3n) is 2.69. The topological polar surface area (TPSA) is 32.3 Å². The van der Waals surface area contributed by atoms with Crippen LogP contribution in [0, 0.1) is 12.8 Å². The predicted octanol–water partition coefficient (Wildman–Crippen LogP) is 2.41. The number of carbonyl (C=O) groups is 1. The van der Waals surface area contributed by atoms with Crippen molar-refractivity contribution in [2.75, 3.05) is 23.3 Å². The fourth-order valence-corrected chi connectivity index (χ4v) is 2.06. The maximum absolute atomic E-state index is 11.5. The van der Waals surface area contributed by atoms with Gasteiger partial charge in [0.1, 0.15) is 0 Å². The molecule has 86 valence electrons. The van der Waals surface area contributed by atoms with Crippen LogP contribution in [0.4, 0.5) is 11.4 Å². The van der Waals surface area contributed by atoms with Gasteiger partial charge in [0, 0.05) is 6.54 Å². The third-order valence-corrected chi connectivity index (χ3v) is 2.69. The highest BCUT2D eigenvalue weighted by Crippen LogP contribution is 2.30. The van der Waals surface area contributed by atoms with Crippen LogP contribution in [0.1, 0.15) is 19.4 Å². The number of hydrogen-bond donors (Lipinski definition) is 1. The highest BCUT2D eigenvalue weighted by atomic mass is 16.2. The molecule has 1 N–H and O–H groups in total. The maximum Gasteiger partial charge on any atom is 0.243 e. The first-order valence-corrected chi connectivity index (χ1v) is 5.71. The summed E-state index contributed by atoms with van der Waals surface area (Å²) in [5.74, 6) is 0.635. The Morgan fingerprint density at radius 1 is 1.44 bits per heavy atom. The molecule has 2 rings (SSSR count). The quantitative estimate of drug-likeness (QED) is 0.826. The molecular weight excluding hydrogens is 200 g/mol. The number of rotatable bonds is 2. The van der Waals surface area contributed by atoms with Crippen molar-refractivity contribution < 1.29 is 4.79 Å². The van der Waals surface area contributed by atoms with Gasteiger partial charge in [0.2, 0.25) is 5.91 Å². The molecule has 1 aliphatic heterocycles. The van der Waals surface area contributed by atoms with Gasteiger partial charge in [-0.3, -0.25) is 4.79 Å². The van der Waals surface area contributed by atoms with Gasteiger partial charge in [0.15, 0.2) is 0 Å². The molecule has 0 atom stereocenters. The van der Waals surface area contributed by atoms with E-state index in [2.05, 4.69) is 37.1 Å². The van der Waals surface area contributed by atoms with E-state index in [1.165, 1.54) is 5.56 Å². The molecule has 16 heavy (non-hydrogen) atoms. The highest BCUT2D eigenvalue weighted by molar-refractivity contribution is 6.01. The zero-order chi connectivity index (χ0) is 11.7. The van der Waals surface area contributed by atoms with Gasteiger partial charge in [0.25, 0.3) is 0 Å². The highest BCUT2D eigenvalue weighted by Gasteiger charge is 2.22. The normalized spacial score (nSPS) is 15.0. The minimum absolute atomic E-state index is 0.0806. The minimum Gasteiger partial charge on any atom is -0.360 e. The zero-order valence-electron chi connectivity index (χ0n) is 10.1. The molecule has 0 saturated carbocycles. The lowest BCUT2D eigenvalue weighted by Gasteiger charge is -2.32. The SMILES string of the molecule is Cc1ccc2c(c1)N(CC(C)C)CC(=O)N2. The second-order valence-electron chi connectivity index (χ2n) is 4.84. The zero-order valence-corrected chi connectivity index (χ0v) is 10.1. The van der Waals surface area contributed by atoms with Crippen LogP contribution in [-0.2, 0) is 4.79 Å². The van der Waals surface area contributed by atoms with Crippen LogP contribution in [0.25, 0.3) is 0 Å². The number of benzene rings is 1. The third kappa shape index (κ3) is 2.18. The van der Waals surface area contributed by atoms with Crippen LogP contribution in [0.2, 0.25) is 0 Å². The first kappa shape index (κ1) is 11.0. The Morgan fingerprint density at radius 3 is 2.88 bits per heavy atom. The first-order chi connectivity index (χ1) is 7.56. The number of nitrogens with zero attached hydrogens (tertiary/aromatic N) is 1. The Labute approximate surface area is 96.5 Å². The van der Waals surface area contributed by atoms with Gasteiger partial charge in [-0.2, -0.15) is 0 Å². The number of amides is 1. The Hall–Kier alpha value is -1.51. The van der Waals surface area contributed by atoms with Gasteiger partial charge in [-0.25, -0.2) is 0 Å². The molecule has 0 aliphatic carbocycles. The van der Waals surface area contributed by atoms with E-state index in [0.29, 0.717) is 12.5 Å². The van der Waals surface area contributed by atoms with Gasteiger partial charge in [-0.05, 0) is 30.5 Å². The summed E-state index contributed by atoms with van der Waals surface area (Å²) in [6, 6.07) is 6.14. The van der Waals surface area contributed by atoms with E-state index in [-0.39, 0.29) is 5.91 Å². The van der Waals surface area contributed by atoms with Gasteiger partial charge in [0.05, 0.1) is 17.9 Å². The number of fused-ring (bicyclic) bond motifs is 1. The largest absolute Gasteiger partial charge is 0.360 e. The molecule has 0 fully saturated rings. The monoisotopic (exact) mass is 218 g/mol. The molecule has 0 saturated heterocycles. The molecule has 3 heteroatoms. The fraction of sp³-hybridized carbons (Fsp3) is 0.462. The van der Waals surface area contributed by atoms with Gasteiger partial charge < -0.3 is 10.2 Å². The van der Waals surface area contributed by atoms with Gasteiger partial charge >= 0.3 is 0 Å². The lowest BCUT2D eigenvalue weighted by molar-refractivity contribution is -0.115. The van der Waals surface area contributed by atoms with Crippen LogP contribution in [-0.4, -0.2) is 19.0 Å². The summed E-state index contributed by atoms with van der Waals surface area (Å²) in [5.41, 5.74) is 3.31. The molecular formula is C13H18N2O. The average molecular weight is 218 g/mol. The Balaban J connectivity index is 2.35. The van der Waals surface area contributed by atoms with E-state index >= 15 is 0 Å². The number of hydrogen-bond acceptors (Lipinski definition) is 2. The van der Waals surface area contributed by atoms with Crippen molar-refractivity contribution in [3.05, 3.63) is 23.8 Å². The lowest BCUT2D eigenvalue weighted by atomic mass is 10.1. The molecule has 1 amide bonds. The summed E-state index contributed by atoms with van der Waals surface area (Å²) >= 11 is 0. The van der Waals surface area contributed by atoms with Crippen LogP contribution >= 0.6 is 0 Å². The van der Waals surface area contributed by atoms with Crippen molar-refractivity contribution in [3.63, 3.8) is 0 Å². The number of nitrogens with one attached hydrogen (secondary N) is 1. The van der Waals surface area contributed by atoms with Crippen molar-refractivity contribution in [2.45, 2.75) is 20.8 Å². The number of aryl methyl sites for hydroxylation is 1. The summed E-state index contributed by atoms with van der Waals surface area (Å²) in [5, 5.41) is 2.91. The van der Waals surface area contributed by atoms with Gasteiger partial charge in [-0.15, -0.1) is 0 Å². The van der Waals surface area contributed by atoms with Crippen molar-refractivity contribution >= 4 is 17.3 Å². The summed E-state index contributed by atoms with van der Waals surface area (Å²) in [7, 11) is 0. The fourth-order valence-electron chi connectivity index (χ4n) is 2.06. The molecule has 3 nitrogen and oxygen atoms in total. The van der Waals surface area contributed by atoms with E-state index in [4.69, 9.17) is 0 Å². The Bertz CT molecular complexity index is 412. The Kier molecular flexibility index (Phi) is 2.86. The maximum atomic E-state index is 11.5. The first-order valence-electron chi connectivity index (χ1n) is 5.71. The standard InChI is InChI=1S/C13H18N2O/c1-9(2)7-15-8-13(16)14-11-5-4-10(3)6-12(11)15/h4-6,9H,7-8H2,1-3H3,(H,14,16). The van der Waals surface area contributed by atoms with Crippen LogP contribution in [0.5, 0.6) is 0 Å². The summed E-state index contributed by atoms with van der Waals surface area (Å²) in [6.45, 7) is 7.80. The van der Waals surface area contributed by atoms with E-state index in [0.717, 1.165) is 17.9 Å². The molecule has 0 radical (unpaired) electrons. The van der Waals surface area contributed by atoms with E-state index in [1.54, 1.807) is 0 Å². The molecule has 1 aliphatic rings. The van der Waals surface area contributed by atoms with Crippen molar-refractivity contribution in [2.24, 2.45) is 5.92 Å². The summed E-state index contributed by atoms with van der Waals surface area (Å²) in [6.07, 6.45) is 0. The van der Waals surface area contributed by atoms with Crippen molar-refractivity contribution in [1.82, 2.24) is 0 Å². The molecule has 0 unspecified atom stereocenters. The second kappa shape index (κ2) is 4.16. The minimum atomic E-state index is 0.0806. The van der Waals surface area contributed by atoms with E-state index < -0.39 is 0 Å². The van der Waals surface area contributed by atoms with Crippen molar-refractivity contribution in [1.29, 1.82) is 0 Å². The molecule has 0 spiro atoms. The summed E-state index contributed by atoms with van der Waals surface area (Å²) < 4.78 is 0. The average Bonchev–Trinajstić information content (AvgIpc) is 2.18.